The molecule has 0 unspecified atom stereocenters. The van der Waals surface area contributed by atoms with Gasteiger partial charge in [0.1, 0.15) is 5.75 Å². The third-order valence-corrected chi connectivity index (χ3v) is 6.01. The Bertz CT molecular complexity index is 893. The van der Waals surface area contributed by atoms with Gasteiger partial charge in [-0.3, -0.25) is 4.79 Å². The Balaban J connectivity index is 1.95. The molecule has 0 aromatic heterocycles. The van der Waals surface area contributed by atoms with Gasteiger partial charge >= 0.3 is 0 Å². The lowest BCUT2D eigenvalue weighted by Gasteiger charge is -2.38. The normalized spacial score (nSPS) is 21.7. The zero-order valence-corrected chi connectivity index (χ0v) is 16.5. The van der Waals surface area contributed by atoms with Crippen LogP contribution in [0.3, 0.4) is 0 Å². The van der Waals surface area contributed by atoms with Crippen LogP contribution in [0.1, 0.15) is 36.8 Å². The molecule has 1 aliphatic rings. The second kappa shape index (κ2) is 8.45. The molecule has 0 aliphatic heterocycles. The van der Waals surface area contributed by atoms with E-state index in [-0.39, 0.29) is 5.91 Å². The summed E-state index contributed by atoms with van der Waals surface area (Å²) in [5, 5.41) is 12.5. The summed E-state index contributed by atoms with van der Waals surface area (Å²) >= 11 is 0. The first-order valence-corrected chi connectivity index (χ1v) is 9.66. The van der Waals surface area contributed by atoms with Gasteiger partial charge in [-0.25, -0.2) is 0 Å². The fourth-order valence-electron chi connectivity index (χ4n) is 4.20. The van der Waals surface area contributed by atoms with Crippen LogP contribution in [-0.4, -0.2) is 26.1 Å². The van der Waals surface area contributed by atoms with E-state index in [1.54, 1.807) is 13.2 Å². The number of nitrogens with two attached hydrogens (primary N) is 1. The molecule has 5 heteroatoms. The number of nitrogens with zero attached hydrogens (tertiary/aromatic N) is 1. The lowest BCUT2D eigenvalue weighted by Crippen LogP contribution is -2.45. The summed E-state index contributed by atoms with van der Waals surface area (Å²) in [7, 11) is 3.60. The molecule has 0 heterocycles. The molecule has 1 saturated carbocycles. The predicted octanol–water partition coefficient (Wildman–Crippen LogP) is 3.41. The number of hydrogen-bond donors (Lipinski definition) is 2. The molecule has 0 spiro atoms. The van der Waals surface area contributed by atoms with Crippen LogP contribution in [0.4, 0.5) is 0 Å². The topological polar surface area (TPSA) is 88.1 Å². The van der Waals surface area contributed by atoms with E-state index < -0.39 is 5.41 Å². The van der Waals surface area contributed by atoms with Crippen LogP contribution < -0.4 is 15.8 Å². The Morgan fingerprint density at radius 1 is 1.25 bits per heavy atom. The fourth-order valence-corrected chi connectivity index (χ4v) is 4.20. The Kier molecular flexibility index (Phi) is 6.01. The molecular formula is C23H27N3O2. The van der Waals surface area contributed by atoms with E-state index in [0.29, 0.717) is 18.0 Å². The smallest absolute Gasteiger partial charge is 0.223 e. The van der Waals surface area contributed by atoms with Gasteiger partial charge in [0, 0.05) is 6.04 Å². The van der Waals surface area contributed by atoms with Crippen molar-refractivity contribution in [1.82, 2.24) is 5.32 Å². The van der Waals surface area contributed by atoms with Crippen LogP contribution in [0.25, 0.3) is 11.1 Å². The van der Waals surface area contributed by atoms with E-state index in [9.17, 15) is 10.1 Å². The van der Waals surface area contributed by atoms with Crippen molar-refractivity contribution >= 4 is 5.91 Å². The Labute approximate surface area is 166 Å². The molecular weight excluding hydrogens is 350 g/mol. The molecule has 1 fully saturated rings. The summed E-state index contributed by atoms with van der Waals surface area (Å²) in [5.41, 5.74) is 8.89. The number of nitrogens with one attached hydrogen (secondary N) is 1. The Morgan fingerprint density at radius 2 is 1.96 bits per heavy atom. The van der Waals surface area contributed by atoms with Crippen LogP contribution >= 0.6 is 0 Å². The lowest BCUT2D eigenvalue weighted by atomic mass is 9.68. The summed E-state index contributed by atoms with van der Waals surface area (Å²) in [6, 6.07) is 16.1. The Morgan fingerprint density at radius 3 is 2.57 bits per heavy atom. The van der Waals surface area contributed by atoms with Gasteiger partial charge in [0.2, 0.25) is 5.91 Å². The first kappa shape index (κ1) is 19.9. The quantitative estimate of drug-likeness (QED) is 0.807. The van der Waals surface area contributed by atoms with Crippen molar-refractivity contribution in [2.24, 2.45) is 11.1 Å². The highest BCUT2D eigenvalue weighted by molar-refractivity contribution is 5.81. The van der Waals surface area contributed by atoms with E-state index >= 15 is 0 Å². The largest absolute Gasteiger partial charge is 0.496 e. The highest BCUT2D eigenvalue weighted by atomic mass is 16.5. The summed E-state index contributed by atoms with van der Waals surface area (Å²) < 4.78 is 5.57. The highest BCUT2D eigenvalue weighted by Crippen LogP contribution is 2.41. The number of rotatable bonds is 6. The molecule has 0 atom stereocenters. The molecule has 28 heavy (non-hydrogen) atoms. The summed E-state index contributed by atoms with van der Waals surface area (Å²) in [6.45, 7) is 0. The monoisotopic (exact) mass is 377 g/mol. The molecule has 146 valence electrons. The predicted molar refractivity (Wildman–Crippen MR) is 110 cm³/mol. The number of hydrogen-bond acceptors (Lipinski definition) is 4. The third kappa shape index (κ3) is 4.02. The maximum absolute atomic E-state index is 12.4. The van der Waals surface area contributed by atoms with Gasteiger partial charge < -0.3 is 15.8 Å². The van der Waals surface area contributed by atoms with Gasteiger partial charge in [0.25, 0.3) is 0 Å². The zero-order valence-electron chi connectivity index (χ0n) is 16.5. The van der Waals surface area contributed by atoms with Crippen LogP contribution in [0.5, 0.6) is 5.75 Å². The van der Waals surface area contributed by atoms with E-state index in [1.807, 2.05) is 37.4 Å². The average Bonchev–Trinajstić information content (AvgIpc) is 2.74. The number of primary amides is 1. The van der Waals surface area contributed by atoms with E-state index in [4.69, 9.17) is 10.5 Å². The van der Waals surface area contributed by atoms with Crippen LogP contribution in [-0.2, 0) is 11.2 Å². The van der Waals surface area contributed by atoms with Gasteiger partial charge in [-0.2, -0.15) is 5.26 Å². The average molecular weight is 377 g/mol. The molecule has 0 saturated heterocycles. The number of nitriles is 1. The molecule has 0 radical (unpaired) electrons. The van der Waals surface area contributed by atoms with Crippen LogP contribution in [0.15, 0.2) is 42.5 Å². The van der Waals surface area contributed by atoms with Gasteiger partial charge in [-0.1, -0.05) is 18.2 Å². The third-order valence-electron chi connectivity index (χ3n) is 6.01. The van der Waals surface area contributed by atoms with Crippen LogP contribution in [0.2, 0.25) is 0 Å². The van der Waals surface area contributed by atoms with Gasteiger partial charge in [0.05, 0.1) is 24.2 Å². The molecule has 3 N–H and O–H groups in total. The molecule has 3 rings (SSSR count). The summed E-state index contributed by atoms with van der Waals surface area (Å²) in [4.78, 5) is 12.4. The van der Waals surface area contributed by atoms with Crippen molar-refractivity contribution in [3.63, 3.8) is 0 Å². The first-order chi connectivity index (χ1) is 13.5. The van der Waals surface area contributed by atoms with Crippen molar-refractivity contribution in [3.8, 4) is 22.9 Å². The van der Waals surface area contributed by atoms with Crippen molar-refractivity contribution in [3.05, 3.63) is 53.6 Å². The maximum atomic E-state index is 12.4. The van der Waals surface area contributed by atoms with E-state index in [2.05, 4.69) is 17.5 Å². The fraction of sp³-hybridized carbons (Fsp3) is 0.391. The lowest BCUT2D eigenvalue weighted by molar-refractivity contribution is -0.129. The minimum absolute atomic E-state index is 0.235. The molecule has 1 aliphatic carbocycles. The van der Waals surface area contributed by atoms with Gasteiger partial charge in [0.15, 0.2) is 0 Å². The number of carbonyl (C=O) groups is 1. The first-order valence-electron chi connectivity index (χ1n) is 9.66. The van der Waals surface area contributed by atoms with E-state index in [0.717, 1.165) is 48.1 Å². The minimum Gasteiger partial charge on any atom is -0.496 e. The highest BCUT2D eigenvalue weighted by Gasteiger charge is 2.40. The van der Waals surface area contributed by atoms with Crippen LogP contribution in [0, 0.1) is 16.7 Å². The number of methoxy groups -OCH3 is 1. The van der Waals surface area contributed by atoms with E-state index in [1.165, 1.54) is 0 Å². The number of benzene rings is 2. The number of carbonyl (C=O) groups excluding carboxylic acids is 1. The van der Waals surface area contributed by atoms with Gasteiger partial charge in [-0.15, -0.1) is 0 Å². The molecule has 5 nitrogen and oxygen atoms in total. The summed E-state index contributed by atoms with van der Waals surface area (Å²) in [6.07, 6.45) is 3.97. The van der Waals surface area contributed by atoms with Crippen molar-refractivity contribution < 1.29 is 9.53 Å². The maximum Gasteiger partial charge on any atom is 0.223 e. The molecule has 1 amide bonds. The molecule has 0 bridgehead atoms. The second-order valence-corrected chi connectivity index (χ2v) is 7.60. The number of amides is 1. The standard InChI is InChI=1S/C23H27N3O2/c1-26-20-8-10-23(11-9-20,22(25)27)14-19-13-18(6-7-21(19)28-2)17-5-3-4-16(12-17)15-24/h3-7,12-13,20,26H,8-11,14H2,1-2H3,(H2,25,27). The van der Waals surface area contributed by atoms with Crippen molar-refractivity contribution in [1.29, 1.82) is 5.26 Å². The Hall–Kier alpha value is -2.84. The SMILES string of the molecule is CNC1CCC(Cc2cc(-c3cccc(C#N)c3)ccc2OC)(C(N)=O)CC1. The van der Waals surface area contributed by atoms with Crippen molar-refractivity contribution in [2.45, 2.75) is 38.1 Å². The molecule has 2 aromatic carbocycles. The summed E-state index contributed by atoms with van der Waals surface area (Å²) in [5.74, 6) is 0.525. The van der Waals surface area contributed by atoms with Crippen molar-refractivity contribution in [2.75, 3.05) is 14.2 Å². The minimum atomic E-state index is -0.548. The number of ether oxygens (including phenoxy) is 1. The zero-order chi connectivity index (χ0) is 20.1. The molecule has 2 aromatic rings. The second-order valence-electron chi connectivity index (χ2n) is 7.60. The van der Waals surface area contributed by atoms with Gasteiger partial charge in [-0.05, 0) is 80.1 Å².